The van der Waals surface area contributed by atoms with E-state index >= 15 is 0 Å². The minimum absolute atomic E-state index is 0. The van der Waals surface area contributed by atoms with E-state index in [0.29, 0.717) is 12.6 Å². The maximum Gasteiger partial charge on any atom is 0.191 e. The first-order valence-corrected chi connectivity index (χ1v) is 11.2. The van der Waals surface area contributed by atoms with E-state index in [1.807, 2.05) is 6.20 Å². The lowest BCUT2D eigenvalue weighted by Crippen LogP contribution is -2.38. The third kappa shape index (κ3) is 8.66. The minimum Gasteiger partial charge on any atom is -0.378 e. The number of rotatable bonds is 9. The number of nitrogens with one attached hydrogen (secondary N) is 2. The lowest BCUT2D eigenvalue weighted by atomic mass is 9.98. The van der Waals surface area contributed by atoms with Gasteiger partial charge in [-0.05, 0) is 50.7 Å². The molecule has 0 atom stereocenters. The maximum atomic E-state index is 5.99. The molecule has 1 saturated heterocycles. The van der Waals surface area contributed by atoms with E-state index in [1.165, 1.54) is 44.9 Å². The number of pyridine rings is 1. The maximum absolute atomic E-state index is 5.99. The lowest BCUT2D eigenvalue weighted by Gasteiger charge is -2.22. The van der Waals surface area contributed by atoms with Crippen LogP contribution in [0, 0.1) is 0 Å². The highest BCUT2D eigenvalue weighted by molar-refractivity contribution is 14.0. The predicted octanol–water partition coefficient (Wildman–Crippen LogP) is 4.09. The molecule has 0 amide bonds. The Morgan fingerprint density at radius 2 is 1.93 bits per heavy atom. The number of ether oxygens (including phenoxy) is 1. The molecule has 0 spiro atoms. The van der Waals surface area contributed by atoms with Gasteiger partial charge in [0.15, 0.2) is 5.96 Å². The summed E-state index contributed by atoms with van der Waals surface area (Å²) in [7, 11) is 0. The first kappa shape index (κ1) is 24.2. The van der Waals surface area contributed by atoms with Crippen molar-refractivity contribution in [1.29, 1.82) is 0 Å². The Labute approximate surface area is 193 Å². The van der Waals surface area contributed by atoms with Crippen LogP contribution in [0.4, 0.5) is 5.82 Å². The van der Waals surface area contributed by atoms with Crippen molar-refractivity contribution < 1.29 is 4.74 Å². The summed E-state index contributed by atoms with van der Waals surface area (Å²) in [5.41, 5.74) is 1.14. The zero-order valence-electron chi connectivity index (χ0n) is 17.9. The van der Waals surface area contributed by atoms with E-state index in [-0.39, 0.29) is 24.0 Å². The number of aliphatic imine (C=N–C) groups is 1. The number of nitrogens with zero attached hydrogens (tertiary/aromatic N) is 3. The van der Waals surface area contributed by atoms with Gasteiger partial charge in [-0.2, -0.15) is 0 Å². The SMILES string of the molecule is CCNC(=NCc1ccc(N2CCCC2)nc1)NCCCOC1CCCCC1.I. The van der Waals surface area contributed by atoms with Gasteiger partial charge in [0.25, 0.3) is 0 Å². The summed E-state index contributed by atoms with van der Waals surface area (Å²) in [6, 6.07) is 4.27. The molecule has 0 unspecified atom stereocenters. The van der Waals surface area contributed by atoms with Gasteiger partial charge in [0.2, 0.25) is 0 Å². The van der Waals surface area contributed by atoms with Crippen LogP contribution in [-0.2, 0) is 11.3 Å². The zero-order valence-corrected chi connectivity index (χ0v) is 20.2. The van der Waals surface area contributed by atoms with Crippen molar-refractivity contribution >= 4 is 35.8 Å². The van der Waals surface area contributed by atoms with E-state index in [2.05, 4.69) is 39.6 Å². The second-order valence-corrected chi connectivity index (χ2v) is 7.83. The summed E-state index contributed by atoms with van der Waals surface area (Å²) in [4.78, 5) is 11.7. The van der Waals surface area contributed by atoms with E-state index in [1.54, 1.807) is 0 Å². The second kappa shape index (κ2) is 14.0. The number of guanidine groups is 1. The lowest BCUT2D eigenvalue weighted by molar-refractivity contribution is 0.0277. The Bertz CT molecular complexity index is 583. The molecule has 3 rings (SSSR count). The van der Waals surface area contributed by atoms with Crippen LogP contribution in [-0.4, -0.2) is 49.8 Å². The molecule has 2 heterocycles. The van der Waals surface area contributed by atoms with Gasteiger partial charge < -0.3 is 20.3 Å². The fourth-order valence-electron chi connectivity index (χ4n) is 3.92. The molecule has 1 aliphatic heterocycles. The van der Waals surface area contributed by atoms with Crippen molar-refractivity contribution in [3.63, 3.8) is 0 Å². The van der Waals surface area contributed by atoms with Gasteiger partial charge >= 0.3 is 0 Å². The van der Waals surface area contributed by atoms with Crippen LogP contribution in [0.5, 0.6) is 0 Å². The molecule has 1 saturated carbocycles. The Kier molecular flexibility index (Phi) is 11.7. The first-order chi connectivity index (χ1) is 13.8. The summed E-state index contributed by atoms with van der Waals surface area (Å²) < 4.78 is 5.99. The summed E-state index contributed by atoms with van der Waals surface area (Å²) in [5.74, 6) is 1.96. The van der Waals surface area contributed by atoms with Crippen molar-refractivity contribution in [2.24, 2.45) is 4.99 Å². The predicted molar refractivity (Wildman–Crippen MR) is 131 cm³/mol. The minimum atomic E-state index is 0. The van der Waals surface area contributed by atoms with Crippen LogP contribution in [0.1, 0.15) is 63.9 Å². The molecular formula is C22H38IN5O. The highest BCUT2D eigenvalue weighted by Crippen LogP contribution is 2.20. The standard InChI is InChI=1S/C22H37N5O.HI/c1-2-23-22(24-13-8-16-28-20-9-4-3-5-10-20)26-18-19-11-12-21(25-17-19)27-14-6-7-15-27;/h11-12,17,20H,2-10,13-16,18H2,1H3,(H2,23,24,26);1H. The molecule has 1 aliphatic carbocycles. The molecule has 7 heteroatoms. The number of hydrogen-bond donors (Lipinski definition) is 2. The Balaban J connectivity index is 0.00000300. The number of halogens is 1. The third-order valence-electron chi connectivity index (χ3n) is 5.52. The van der Waals surface area contributed by atoms with E-state index < -0.39 is 0 Å². The van der Waals surface area contributed by atoms with Crippen LogP contribution in [0.25, 0.3) is 0 Å². The monoisotopic (exact) mass is 515 g/mol. The molecule has 2 aliphatic rings. The van der Waals surface area contributed by atoms with E-state index in [4.69, 9.17) is 9.73 Å². The highest BCUT2D eigenvalue weighted by atomic mass is 127. The third-order valence-corrected chi connectivity index (χ3v) is 5.52. The van der Waals surface area contributed by atoms with Gasteiger partial charge in [0, 0.05) is 39.0 Å². The fourth-order valence-corrected chi connectivity index (χ4v) is 3.92. The van der Waals surface area contributed by atoms with Gasteiger partial charge in [0.1, 0.15) is 5.82 Å². The molecule has 164 valence electrons. The Morgan fingerprint density at radius 3 is 2.62 bits per heavy atom. The van der Waals surface area contributed by atoms with Gasteiger partial charge in [-0.3, -0.25) is 0 Å². The van der Waals surface area contributed by atoms with Crippen LogP contribution < -0.4 is 15.5 Å². The fraction of sp³-hybridized carbons (Fsp3) is 0.727. The normalized spacial score (nSPS) is 17.8. The van der Waals surface area contributed by atoms with Gasteiger partial charge in [-0.25, -0.2) is 9.98 Å². The quantitative estimate of drug-likeness (QED) is 0.225. The number of hydrogen-bond acceptors (Lipinski definition) is 4. The summed E-state index contributed by atoms with van der Waals surface area (Å²) in [6.07, 6.45) is 12.5. The molecule has 29 heavy (non-hydrogen) atoms. The molecule has 6 nitrogen and oxygen atoms in total. The van der Waals surface area contributed by atoms with E-state index in [0.717, 1.165) is 56.5 Å². The highest BCUT2D eigenvalue weighted by Gasteiger charge is 2.14. The van der Waals surface area contributed by atoms with Crippen molar-refractivity contribution in [3.05, 3.63) is 23.9 Å². The molecular weight excluding hydrogens is 477 g/mol. The average molecular weight is 515 g/mol. The van der Waals surface area contributed by atoms with E-state index in [9.17, 15) is 0 Å². The van der Waals surface area contributed by atoms with Crippen molar-refractivity contribution in [2.45, 2.75) is 70.9 Å². The van der Waals surface area contributed by atoms with Crippen LogP contribution in [0.15, 0.2) is 23.3 Å². The average Bonchev–Trinajstić information content (AvgIpc) is 3.28. The Hall–Kier alpha value is -1.09. The topological polar surface area (TPSA) is 61.8 Å². The van der Waals surface area contributed by atoms with Crippen LogP contribution in [0.3, 0.4) is 0 Å². The first-order valence-electron chi connectivity index (χ1n) is 11.2. The summed E-state index contributed by atoms with van der Waals surface area (Å²) in [5, 5.41) is 6.73. The van der Waals surface area contributed by atoms with Crippen LogP contribution >= 0.6 is 24.0 Å². The molecule has 0 aromatic carbocycles. The summed E-state index contributed by atoms with van der Waals surface area (Å²) in [6.45, 7) is 7.56. The number of anilines is 1. The molecule has 2 N–H and O–H groups in total. The zero-order chi connectivity index (χ0) is 19.4. The molecule has 0 bridgehead atoms. The molecule has 0 radical (unpaired) electrons. The van der Waals surface area contributed by atoms with Crippen molar-refractivity contribution in [3.8, 4) is 0 Å². The molecule has 2 fully saturated rings. The van der Waals surface area contributed by atoms with Crippen molar-refractivity contribution in [1.82, 2.24) is 15.6 Å². The molecule has 1 aromatic rings. The smallest absolute Gasteiger partial charge is 0.191 e. The summed E-state index contributed by atoms with van der Waals surface area (Å²) >= 11 is 0. The second-order valence-electron chi connectivity index (χ2n) is 7.83. The van der Waals surface area contributed by atoms with Crippen molar-refractivity contribution in [2.75, 3.05) is 37.7 Å². The van der Waals surface area contributed by atoms with Gasteiger partial charge in [-0.15, -0.1) is 24.0 Å². The molecule has 1 aromatic heterocycles. The van der Waals surface area contributed by atoms with Gasteiger partial charge in [-0.1, -0.05) is 25.3 Å². The number of aromatic nitrogens is 1. The van der Waals surface area contributed by atoms with Gasteiger partial charge in [0.05, 0.1) is 12.6 Å². The largest absolute Gasteiger partial charge is 0.378 e. The Morgan fingerprint density at radius 1 is 1.14 bits per heavy atom. The van der Waals surface area contributed by atoms with Crippen LogP contribution in [0.2, 0.25) is 0 Å².